The molecule has 1 amide bonds. The lowest BCUT2D eigenvalue weighted by molar-refractivity contribution is -0.131. The van der Waals surface area contributed by atoms with Crippen LogP contribution in [0.5, 0.6) is 0 Å². The third kappa shape index (κ3) is 2.88. The van der Waals surface area contributed by atoms with Crippen molar-refractivity contribution in [2.24, 2.45) is 0 Å². The van der Waals surface area contributed by atoms with E-state index in [0.717, 1.165) is 5.56 Å². The summed E-state index contributed by atoms with van der Waals surface area (Å²) in [5.74, 6) is 0.0937. The highest BCUT2D eigenvalue weighted by Crippen LogP contribution is 2.28. The van der Waals surface area contributed by atoms with Crippen LogP contribution in [0.15, 0.2) is 42.6 Å². The number of halogens is 1. The number of ketones is 1. The average Bonchev–Trinajstić information content (AvgIpc) is 2.40. The number of carbonyl (C=O) groups is 2. The van der Waals surface area contributed by atoms with Gasteiger partial charge in [0.05, 0.1) is 6.04 Å². The van der Waals surface area contributed by atoms with E-state index < -0.39 is 0 Å². The standard InChI is InChI=1S/C14H14BrNO2/c15-8-6-14(18)16-9-7-12(17)10-13(16)11-4-2-1-3-5-11/h1-5,7,9,13H,6,8,10H2. The smallest absolute Gasteiger partial charge is 0.227 e. The molecule has 4 heteroatoms. The van der Waals surface area contributed by atoms with E-state index in [-0.39, 0.29) is 17.7 Å². The fourth-order valence-corrected chi connectivity index (χ4v) is 2.38. The van der Waals surface area contributed by atoms with Crippen molar-refractivity contribution in [3.63, 3.8) is 0 Å². The van der Waals surface area contributed by atoms with Crippen molar-refractivity contribution >= 4 is 27.6 Å². The molecular formula is C14H14BrNO2. The van der Waals surface area contributed by atoms with Gasteiger partial charge in [-0.15, -0.1) is 0 Å². The van der Waals surface area contributed by atoms with E-state index in [1.165, 1.54) is 6.08 Å². The first-order chi connectivity index (χ1) is 8.72. The molecule has 94 valence electrons. The first-order valence-corrected chi connectivity index (χ1v) is 6.97. The summed E-state index contributed by atoms with van der Waals surface area (Å²) in [7, 11) is 0. The second-order valence-electron chi connectivity index (χ2n) is 4.15. The topological polar surface area (TPSA) is 37.4 Å². The monoisotopic (exact) mass is 307 g/mol. The van der Waals surface area contributed by atoms with Crippen LogP contribution >= 0.6 is 15.9 Å². The van der Waals surface area contributed by atoms with Gasteiger partial charge in [-0.1, -0.05) is 46.3 Å². The summed E-state index contributed by atoms with van der Waals surface area (Å²) in [6.07, 6.45) is 3.87. The third-order valence-corrected chi connectivity index (χ3v) is 3.33. The van der Waals surface area contributed by atoms with Gasteiger partial charge in [-0.2, -0.15) is 0 Å². The number of alkyl halides is 1. The van der Waals surface area contributed by atoms with Gasteiger partial charge in [0.2, 0.25) is 5.91 Å². The highest BCUT2D eigenvalue weighted by molar-refractivity contribution is 9.09. The van der Waals surface area contributed by atoms with Crippen molar-refractivity contribution in [1.29, 1.82) is 0 Å². The maximum Gasteiger partial charge on any atom is 0.227 e. The van der Waals surface area contributed by atoms with Crippen molar-refractivity contribution < 1.29 is 9.59 Å². The van der Waals surface area contributed by atoms with Crippen LogP contribution in [0.2, 0.25) is 0 Å². The van der Waals surface area contributed by atoms with Crippen molar-refractivity contribution in [3.05, 3.63) is 48.2 Å². The molecule has 1 atom stereocenters. The maximum atomic E-state index is 12.0. The quantitative estimate of drug-likeness (QED) is 0.805. The summed E-state index contributed by atoms with van der Waals surface area (Å²) in [5, 5.41) is 0.631. The SMILES string of the molecule is O=C1C=CN(C(=O)CCBr)C(c2ccccc2)C1. The van der Waals surface area contributed by atoms with E-state index in [1.807, 2.05) is 30.3 Å². The van der Waals surface area contributed by atoms with Crippen molar-refractivity contribution in [1.82, 2.24) is 4.90 Å². The number of hydrogen-bond acceptors (Lipinski definition) is 2. The van der Waals surface area contributed by atoms with Gasteiger partial charge in [0, 0.05) is 24.4 Å². The Morgan fingerprint density at radius 3 is 2.72 bits per heavy atom. The highest BCUT2D eigenvalue weighted by atomic mass is 79.9. The Balaban J connectivity index is 2.27. The lowest BCUT2D eigenvalue weighted by Crippen LogP contribution is -2.34. The number of benzene rings is 1. The molecule has 0 spiro atoms. The van der Waals surface area contributed by atoms with E-state index in [0.29, 0.717) is 18.2 Å². The van der Waals surface area contributed by atoms with E-state index in [2.05, 4.69) is 15.9 Å². The first-order valence-electron chi connectivity index (χ1n) is 5.85. The average molecular weight is 308 g/mol. The van der Waals surface area contributed by atoms with Gasteiger partial charge in [-0.05, 0) is 11.6 Å². The molecule has 1 aromatic rings. The number of carbonyl (C=O) groups excluding carboxylic acids is 2. The molecule has 1 aromatic carbocycles. The Morgan fingerprint density at radius 2 is 2.06 bits per heavy atom. The molecule has 1 aliphatic heterocycles. The molecule has 1 unspecified atom stereocenters. The number of rotatable bonds is 3. The Morgan fingerprint density at radius 1 is 1.33 bits per heavy atom. The summed E-state index contributed by atoms with van der Waals surface area (Å²) in [5.41, 5.74) is 0.998. The summed E-state index contributed by atoms with van der Waals surface area (Å²) in [4.78, 5) is 25.2. The molecule has 1 aliphatic rings. The molecule has 0 saturated carbocycles. The lowest BCUT2D eigenvalue weighted by atomic mass is 9.97. The fourth-order valence-electron chi connectivity index (χ4n) is 2.04. The van der Waals surface area contributed by atoms with Crippen molar-refractivity contribution in [2.75, 3.05) is 5.33 Å². The van der Waals surface area contributed by atoms with Crippen LogP contribution in [-0.2, 0) is 9.59 Å². The normalized spacial score (nSPS) is 19.1. The molecule has 0 aromatic heterocycles. The number of hydrogen-bond donors (Lipinski definition) is 0. The van der Waals surface area contributed by atoms with Gasteiger partial charge < -0.3 is 4.90 Å². The van der Waals surface area contributed by atoms with Crippen LogP contribution < -0.4 is 0 Å². The van der Waals surface area contributed by atoms with Crippen molar-refractivity contribution in [2.45, 2.75) is 18.9 Å². The minimum absolute atomic E-state index is 0.0319. The second kappa shape index (κ2) is 5.96. The van der Waals surface area contributed by atoms with Gasteiger partial charge in [0.15, 0.2) is 5.78 Å². The molecule has 0 bridgehead atoms. The lowest BCUT2D eigenvalue weighted by Gasteiger charge is -2.31. The van der Waals surface area contributed by atoms with Crippen LogP contribution in [0, 0.1) is 0 Å². The minimum Gasteiger partial charge on any atom is -0.311 e. The van der Waals surface area contributed by atoms with Gasteiger partial charge >= 0.3 is 0 Å². The molecule has 0 saturated heterocycles. The van der Waals surface area contributed by atoms with Gasteiger partial charge in [-0.25, -0.2) is 0 Å². The molecule has 0 aliphatic carbocycles. The number of nitrogens with zero attached hydrogens (tertiary/aromatic N) is 1. The number of amides is 1. The minimum atomic E-state index is -0.171. The van der Waals surface area contributed by atoms with E-state index in [4.69, 9.17) is 0 Å². The Bertz CT molecular complexity index is 470. The predicted octanol–water partition coefficient (Wildman–Crippen LogP) is 2.83. The second-order valence-corrected chi connectivity index (χ2v) is 4.95. The van der Waals surface area contributed by atoms with Gasteiger partial charge in [0.25, 0.3) is 0 Å². The van der Waals surface area contributed by atoms with Crippen LogP contribution in [0.1, 0.15) is 24.4 Å². The zero-order valence-electron chi connectivity index (χ0n) is 9.88. The third-order valence-electron chi connectivity index (χ3n) is 2.93. The zero-order valence-corrected chi connectivity index (χ0v) is 11.5. The fraction of sp³-hybridized carbons (Fsp3) is 0.286. The molecular weight excluding hydrogens is 294 g/mol. The largest absolute Gasteiger partial charge is 0.311 e. The van der Waals surface area contributed by atoms with Gasteiger partial charge in [-0.3, -0.25) is 9.59 Å². The summed E-state index contributed by atoms with van der Waals surface area (Å²) < 4.78 is 0. The molecule has 0 N–H and O–H groups in total. The highest BCUT2D eigenvalue weighted by Gasteiger charge is 2.27. The summed E-state index contributed by atoms with van der Waals surface area (Å²) in [6.45, 7) is 0. The molecule has 2 rings (SSSR count). The van der Waals surface area contributed by atoms with Crippen LogP contribution in [0.4, 0.5) is 0 Å². The van der Waals surface area contributed by atoms with E-state index >= 15 is 0 Å². The van der Waals surface area contributed by atoms with Crippen molar-refractivity contribution in [3.8, 4) is 0 Å². The molecule has 0 fully saturated rings. The molecule has 18 heavy (non-hydrogen) atoms. The van der Waals surface area contributed by atoms with E-state index in [1.54, 1.807) is 11.1 Å². The Kier molecular flexibility index (Phi) is 4.31. The first kappa shape index (κ1) is 13.0. The van der Waals surface area contributed by atoms with Crippen LogP contribution in [0.3, 0.4) is 0 Å². The number of allylic oxidation sites excluding steroid dienone is 1. The zero-order chi connectivity index (χ0) is 13.0. The van der Waals surface area contributed by atoms with Gasteiger partial charge in [0.1, 0.15) is 0 Å². The molecule has 1 heterocycles. The van der Waals surface area contributed by atoms with Crippen LogP contribution in [0.25, 0.3) is 0 Å². The summed E-state index contributed by atoms with van der Waals surface area (Å²) >= 11 is 3.27. The van der Waals surface area contributed by atoms with E-state index in [9.17, 15) is 9.59 Å². The summed E-state index contributed by atoms with van der Waals surface area (Å²) in [6, 6.07) is 9.50. The molecule has 0 radical (unpaired) electrons. The Hall–Kier alpha value is -1.42. The van der Waals surface area contributed by atoms with Crippen LogP contribution in [-0.4, -0.2) is 21.9 Å². The predicted molar refractivity (Wildman–Crippen MR) is 73.2 cm³/mol. The Labute approximate surface area is 115 Å². The molecule has 3 nitrogen and oxygen atoms in total. The maximum absolute atomic E-state index is 12.0.